The number of rotatable bonds is 4. The summed E-state index contributed by atoms with van der Waals surface area (Å²) in [6.45, 7) is 1.57. The van der Waals surface area contributed by atoms with E-state index >= 15 is 0 Å². The van der Waals surface area contributed by atoms with Gasteiger partial charge in [0, 0.05) is 11.4 Å². The summed E-state index contributed by atoms with van der Waals surface area (Å²) < 4.78 is 0. The van der Waals surface area contributed by atoms with Gasteiger partial charge in [-0.05, 0) is 31.2 Å². The maximum Gasteiger partial charge on any atom is 0.157 e. The zero-order valence-electron chi connectivity index (χ0n) is 10.3. The van der Waals surface area contributed by atoms with E-state index in [1.807, 2.05) is 60.7 Å². The molecule has 0 saturated carbocycles. The van der Waals surface area contributed by atoms with Crippen molar-refractivity contribution in [3.63, 3.8) is 0 Å². The molecule has 0 bridgehead atoms. The number of hydrogen-bond donors (Lipinski definition) is 2. The first-order valence-electron chi connectivity index (χ1n) is 5.95. The number of anilines is 2. The molecule has 0 fully saturated rings. The summed E-state index contributed by atoms with van der Waals surface area (Å²) in [4.78, 5) is 1.71. The molecular weight excluding hydrogens is 226 g/mol. The highest BCUT2D eigenvalue weighted by Crippen LogP contribution is 2.27. The Bertz CT molecular complexity index is 431. The molecule has 0 aliphatic carbocycles. The molecular formula is C15H17NO2. The van der Waals surface area contributed by atoms with Crippen LogP contribution in [0.2, 0.25) is 0 Å². The molecule has 0 aromatic heterocycles. The van der Waals surface area contributed by atoms with Crippen LogP contribution in [0.4, 0.5) is 11.4 Å². The van der Waals surface area contributed by atoms with Crippen molar-refractivity contribution in [3.8, 4) is 0 Å². The lowest BCUT2D eigenvalue weighted by Gasteiger charge is -2.31. The number of hydrogen-bond acceptors (Lipinski definition) is 3. The van der Waals surface area contributed by atoms with E-state index in [0.29, 0.717) is 0 Å². The van der Waals surface area contributed by atoms with Gasteiger partial charge in [0.15, 0.2) is 6.23 Å². The Labute approximate surface area is 107 Å². The number of nitrogens with zero attached hydrogens (tertiary/aromatic N) is 1. The van der Waals surface area contributed by atoms with Crippen molar-refractivity contribution in [2.45, 2.75) is 19.3 Å². The monoisotopic (exact) mass is 243 g/mol. The van der Waals surface area contributed by atoms with E-state index in [1.54, 1.807) is 11.8 Å². The van der Waals surface area contributed by atoms with E-state index in [1.165, 1.54) is 0 Å². The molecule has 0 aliphatic heterocycles. The van der Waals surface area contributed by atoms with Gasteiger partial charge in [-0.2, -0.15) is 0 Å². The zero-order valence-corrected chi connectivity index (χ0v) is 10.3. The van der Waals surface area contributed by atoms with Crippen molar-refractivity contribution in [2.75, 3.05) is 4.90 Å². The molecule has 3 nitrogen and oxygen atoms in total. The molecule has 0 saturated heterocycles. The number of aliphatic hydroxyl groups excluding tert-OH is 2. The van der Waals surface area contributed by atoms with Crippen LogP contribution >= 0.6 is 0 Å². The van der Waals surface area contributed by atoms with Crippen LogP contribution in [-0.2, 0) is 0 Å². The van der Waals surface area contributed by atoms with Crippen LogP contribution in [0.1, 0.15) is 6.92 Å². The highest BCUT2D eigenvalue weighted by atomic mass is 16.3. The number of aliphatic hydroxyl groups is 2. The fourth-order valence-corrected chi connectivity index (χ4v) is 1.85. The molecule has 18 heavy (non-hydrogen) atoms. The lowest BCUT2D eigenvalue weighted by atomic mass is 10.2. The smallest absolute Gasteiger partial charge is 0.157 e. The second-order valence-electron chi connectivity index (χ2n) is 4.20. The topological polar surface area (TPSA) is 43.7 Å². The van der Waals surface area contributed by atoms with Gasteiger partial charge in [-0.15, -0.1) is 0 Å². The minimum Gasteiger partial charge on any atom is -0.389 e. The Morgan fingerprint density at radius 2 is 1.17 bits per heavy atom. The standard InChI is InChI=1S/C15H17NO2/c1-12(17)15(18)16(13-8-4-2-5-9-13)14-10-6-3-7-11-14/h2-12,15,17-18H,1H3. The van der Waals surface area contributed by atoms with E-state index in [-0.39, 0.29) is 0 Å². The van der Waals surface area contributed by atoms with Crippen molar-refractivity contribution >= 4 is 11.4 Å². The first kappa shape index (κ1) is 12.6. The third-order valence-electron chi connectivity index (χ3n) is 2.76. The van der Waals surface area contributed by atoms with Gasteiger partial charge in [0.25, 0.3) is 0 Å². The van der Waals surface area contributed by atoms with Crippen LogP contribution in [0, 0.1) is 0 Å². The van der Waals surface area contributed by atoms with Crippen molar-refractivity contribution < 1.29 is 10.2 Å². The largest absolute Gasteiger partial charge is 0.389 e. The third-order valence-corrected chi connectivity index (χ3v) is 2.76. The summed E-state index contributed by atoms with van der Waals surface area (Å²) >= 11 is 0. The lowest BCUT2D eigenvalue weighted by molar-refractivity contribution is 0.0360. The molecule has 0 heterocycles. The molecule has 0 aliphatic rings. The van der Waals surface area contributed by atoms with Crippen LogP contribution in [0.3, 0.4) is 0 Å². The fraction of sp³-hybridized carbons (Fsp3) is 0.200. The van der Waals surface area contributed by atoms with Gasteiger partial charge in [0.05, 0.1) is 6.10 Å². The van der Waals surface area contributed by atoms with E-state index in [4.69, 9.17) is 0 Å². The average Bonchev–Trinajstić information content (AvgIpc) is 2.41. The van der Waals surface area contributed by atoms with Crippen LogP contribution in [-0.4, -0.2) is 22.5 Å². The molecule has 2 unspecified atom stereocenters. The Hall–Kier alpha value is -1.84. The van der Waals surface area contributed by atoms with Crippen molar-refractivity contribution in [1.82, 2.24) is 0 Å². The summed E-state index contributed by atoms with van der Waals surface area (Å²) in [5.41, 5.74) is 1.69. The summed E-state index contributed by atoms with van der Waals surface area (Å²) in [6, 6.07) is 19.1. The average molecular weight is 243 g/mol. The molecule has 2 aromatic rings. The molecule has 0 spiro atoms. The first-order valence-corrected chi connectivity index (χ1v) is 5.95. The predicted octanol–water partition coefficient (Wildman–Crippen LogP) is 2.52. The van der Waals surface area contributed by atoms with Crippen LogP contribution in [0.25, 0.3) is 0 Å². The Morgan fingerprint density at radius 3 is 1.50 bits per heavy atom. The fourth-order valence-electron chi connectivity index (χ4n) is 1.85. The van der Waals surface area contributed by atoms with Crippen LogP contribution in [0.15, 0.2) is 60.7 Å². The van der Waals surface area contributed by atoms with E-state index in [9.17, 15) is 10.2 Å². The second kappa shape index (κ2) is 5.67. The number of para-hydroxylation sites is 2. The molecule has 2 atom stereocenters. The van der Waals surface area contributed by atoms with Gasteiger partial charge in [-0.25, -0.2) is 0 Å². The van der Waals surface area contributed by atoms with Gasteiger partial charge in [-0.3, -0.25) is 0 Å². The molecule has 2 rings (SSSR count). The highest BCUT2D eigenvalue weighted by Gasteiger charge is 2.22. The van der Waals surface area contributed by atoms with Crippen LogP contribution in [0.5, 0.6) is 0 Å². The van der Waals surface area contributed by atoms with Gasteiger partial charge in [0.2, 0.25) is 0 Å². The first-order chi connectivity index (χ1) is 8.70. The Morgan fingerprint density at radius 1 is 0.778 bits per heavy atom. The maximum atomic E-state index is 10.2. The van der Waals surface area contributed by atoms with Gasteiger partial charge >= 0.3 is 0 Å². The van der Waals surface area contributed by atoms with Crippen molar-refractivity contribution in [2.24, 2.45) is 0 Å². The van der Waals surface area contributed by atoms with E-state index in [0.717, 1.165) is 11.4 Å². The molecule has 3 heteroatoms. The minimum atomic E-state index is -0.977. The summed E-state index contributed by atoms with van der Waals surface area (Å²) in [5.74, 6) is 0. The normalized spacial score (nSPS) is 13.9. The number of benzene rings is 2. The minimum absolute atomic E-state index is 0.842. The maximum absolute atomic E-state index is 10.2. The van der Waals surface area contributed by atoms with Gasteiger partial charge in [0.1, 0.15) is 0 Å². The SMILES string of the molecule is CC(O)C(O)N(c1ccccc1)c1ccccc1. The van der Waals surface area contributed by atoms with E-state index < -0.39 is 12.3 Å². The lowest BCUT2D eigenvalue weighted by Crippen LogP contribution is -2.39. The molecule has 94 valence electrons. The zero-order chi connectivity index (χ0) is 13.0. The predicted molar refractivity (Wildman–Crippen MR) is 72.7 cm³/mol. The summed E-state index contributed by atoms with van der Waals surface area (Å²) in [6.07, 6.45) is -1.82. The molecule has 0 amide bonds. The van der Waals surface area contributed by atoms with Gasteiger partial charge in [-0.1, -0.05) is 36.4 Å². The van der Waals surface area contributed by atoms with Crippen molar-refractivity contribution in [3.05, 3.63) is 60.7 Å². The molecule has 0 radical (unpaired) electrons. The third kappa shape index (κ3) is 2.70. The van der Waals surface area contributed by atoms with Gasteiger partial charge < -0.3 is 15.1 Å². The summed E-state index contributed by atoms with van der Waals surface area (Å²) in [5, 5.41) is 19.8. The Kier molecular flexibility index (Phi) is 3.97. The van der Waals surface area contributed by atoms with Crippen molar-refractivity contribution in [1.29, 1.82) is 0 Å². The quantitative estimate of drug-likeness (QED) is 0.811. The Balaban J connectivity index is 2.42. The second-order valence-corrected chi connectivity index (χ2v) is 4.20. The van der Waals surface area contributed by atoms with E-state index in [2.05, 4.69) is 0 Å². The highest BCUT2D eigenvalue weighted by molar-refractivity contribution is 5.63. The molecule has 2 aromatic carbocycles. The summed E-state index contributed by atoms with van der Waals surface area (Å²) in [7, 11) is 0. The van der Waals surface area contributed by atoms with Crippen LogP contribution < -0.4 is 4.90 Å². The molecule has 2 N–H and O–H groups in total.